The second kappa shape index (κ2) is 7.41. The maximum Gasteiger partial charge on any atom is 0.225 e. The van der Waals surface area contributed by atoms with E-state index in [0.29, 0.717) is 12.5 Å². The molecule has 5 nitrogen and oxygen atoms in total. The van der Waals surface area contributed by atoms with Crippen molar-refractivity contribution in [1.82, 2.24) is 14.9 Å². The van der Waals surface area contributed by atoms with Crippen molar-refractivity contribution in [3.63, 3.8) is 0 Å². The van der Waals surface area contributed by atoms with Crippen LogP contribution in [-0.4, -0.2) is 47.1 Å². The predicted octanol–water partition coefficient (Wildman–Crippen LogP) is 2.74. The van der Waals surface area contributed by atoms with Crippen LogP contribution in [0.2, 0.25) is 0 Å². The van der Waals surface area contributed by atoms with E-state index in [1.807, 2.05) is 36.5 Å². The van der Waals surface area contributed by atoms with E-state index in [-0.39, 0.29) is 0 Å². The third-order valence-electron chi connectivity index (χ3n) is 4.50. The van der Waals surface area contributed by atoms with E-state index in [0.717, 1.165) is 48.9 Å². The Morgan fingerprint density at radius 2 is 1.79 bits per heavy atom. The number of anilines is 1. The lowest BCUT2D eigenvalue weighted by molar-refractivity contribution is 0.208. The third-order valence-corrected chi connectivity index (χ3v) is 4.50. The van der Waals surface area contributed by atoms with Gasteiger partial charge in [-0.1, -0.05) is 24.3 Å². The van der Waals surface area contributed by atoms with Gasteiger partial charge in [-0.2, -0.15) is 5.26 Å². The number of hydrogen-bond acceptors (Lipinski definition) is 5. The van der Waals surface area contributed by atoms with E-state index in [4.69, 9.17) is 10.2 Å². The molecule has 0 unspecified atom stereocenters. The summed E-state index contributed by atoms with van der Waals surface area (Å²) in [5.41, 5.74) is 3.01. The maximum absolute atomic E-state index is 8.76. The number of piperazine rings is 1. The molecule has 0 radical (unpaired) electrons. The summed E-state index contributed by atoms with van der Waals surface area (Å²) >= 11 is 0. The lowest BCUT2D eigenvalue weighted by atomic mass is 10.1. The molecule has 0 atom stereocenters. The minimum absolute atomic E-state index is 0.440. The standard InChI is InChI=1S/C19H23N5/c1-15(2)23-11-13-24(14-12-23)19-21-10-8-18(22-19)17-5-3-16(4-6-17)7-9-20/h3-6,8,10,15H,7,11-14H2,1-2H3. The molecule has 1 aliphatic heterocycles. The first-order valence-electron chi connectivity index (χ1n) is 8.45. The summed E-state index contributed by atoms with van der Waals surface area (Å²) in [6.45, 7) is 8.50. The number of aromatic nitrogens is 2. The minimum Gasteiger partial charge on any atom is -0.338 e. The molecule has 24 heavy (non-hydrogen) atoms. The van der Waals surface area contributed by atoms with Crippen molar-refractivity contribution in [3.05, 3.63) is 42.1 Å². The Bertz CT molecular complexity index is 709. The van der Waals surface area contributed by atoms with Crippen LogP contribution in [0.1, 0.15) is 19.4 Å². The van der Waals surface area contributed by atoms with Crippen LogP contribution >= 0.6 is 0 Å². The zero-order valence-corrected chi connectivity index (χ0v) is 14.3. The molecule has 0 saturated carbocycles. The van der Waals surface area contributed by atoms with Gasteiger partial charge in [-0.25, -0.2) is 9.97 Å². The number of nitriles is 1. The fourth-order valence-electron chi connectivity index (χ4n) is 2.98. The van der Waals surface area contributed by atoms with Crippen molar-refractivity contribution < 1.29 is 0 Å². The molecule has 1 fully saturated rings. The molecule has 1 aromatic carbocycles. The van der Waals surface area contributed by atoms with Crippen molar-refractivity contribution in [2.75, 3.05) is 31.1 Å². The van der Waals surface area contributed by atoms with E-state index >= 15 is 0 Å². The molecule has 124 valence electrons. The summed E-state index contributed by atoms with van der Waals surface area (Å²) in [7, 11) is 0. The predicted molar refractivity (Wildman–Crippen MR) is 95.7 cm³/mol. The lowest BCUT2D eigenvalue weighted by Gasteiger charge is -2.36. The van der Waals surface area contributed by atoms with Crippen LogP contribution in [0, 0.1) is 11.3 Å². The molecule has 0 bridgehead atoms. The third kappa shape index (κ3) is 3.72. The van der Waals surface area contributed by atoms with Crippen LogP contribution in [0.15, 0.2) is 36.5 Å². The molecule has 1 aliphatic rings. The van der Waals surface area contributed by atoms with Gasteiger partial charge in [0.2, 0.25) is 5.95 Å². The first kappa shape index (κ1) is 16.4. The van der Waals surface area contributed by atoms with Crippen LogP contribution < -0.4 is 4.90 Å². The van der Waals surface area contributed by atoms with E-state index in [9.17, 15) is 0 Å². The Balaban J connectivity index is 1.74. The summed E-state index contributed by atoms with van der Waals surface area (Å²) in [4.78, 5) is 13.9. The fourth-order valence-corrected chi connectivity index (χ4v) is 2.98. The largest absolute Gasteiger partial charge is 0.338 e. The molecule has 0 spiro atoms. The highest BCUT2D eigenvalue weighted by Crippen LogP contribution is 2.20. The normalized spacial score (nSPS) is 15.5. The second-order valence-corrected chi connectivity index (χ2v) is 6.39. The van der Waals surface area contributed by atoms with Gasteiger partial charge < -0.3 is 4.90 Å². The fraction of sp³-hybridized carbons (Fsp3) is 0.421. The zero-order chi connectivity index (χ0) is 16.9. The van der Waals surface area contributed by atoms with E-state index in [2.05, 4.69) is 34.7 Å². The van der Waals surface area contributed by atoms with E-state index in [1.54, 1.807) is 0 Å². The van der Waals surface area contributed by atoms with Gasteiger partial charge in [0.15, 0.2) is 0 Å². The molecule has 3 rings (SSSR count). The van der Waals surface area contributed by atoms with Gasteiger partial charge in [0, 0.05) is 44.0 Å². The molecule has 0 amide bonds. The molecule has 2 aromatic rings. The monoisotopic (exact) mass is 321 g/mol. The number of rotatable bonds is 4. The maximum atomic E-state index is 8.76. The molecule has 0 aliphatic carbocycles. The summed E-state index contributed by atoms with van der Waals surface area (Å²) < 4.78 is 0. The Morgan fingerprint density at radius 3 is 2.42 bits per heavy atom. The Kier molecular flexibility index (Phi) is 5.07. The van der Waals surface area contributed by atoms with Crippen LogP contribution in [0.25, 0.3) is 11.3 Å². The summed E-state index contributed by atoms with van der Waals surface area (Å²) in [6.07, 6.45) is 2.27. The van der Waals surface area contributed by atoms with Crippen molar-refractivity contribution in [2.45, 2.75) is 26.3 Å². The van der Waals surface area contributed by atoms with Gasteiger partial charge in [0.1, 0.15) is 0 Å². The Morgan fingerprint density at radius 1 is 1.08 bits per heavy atom. The highest BCUT2D eigenvalue weighted by atomic mass is 15.3. The van der Waals surface area contributed by atoms with Crippen molar-refractivity contribution in [1.29, 1.82) is 5.26 Å². The second-order valence-electron chi connectivity index (χ2n) is 6.39. The van der Waals surface area contributed by atoms with Crippen LogP contribution in [0.3, 0.4) is 0 Å². The average molecular weight is 321 g/mol. The Labute approximate surface area is 143 Å². The number of nitrogens with zero attached hydrogens (tertiary/aromatic N) is 5. The average Bonchev–Trinajstić information content (AvgIpc) is 2.63. The van der Waals surface area contributed by atoms with Crippen molar-refractivity contribution in [2.24, 2.45) is 0 Å². The molecule has 5 heteroatoms. The van der Waals surface area contributed by atoms with Crippen LogP contribution in [0.4, 0.5) is 5.95 Å². The molecular formula is C19H23N5. The number of benzene rings is 1. The molecular weight excluding hydrogens is 298 g/mol. The van der Waals surface area contributed by atoms with Crippen LogP contribution in [-0.2, 0) is 6.42 Å². The summed E-state index contributed by atoms with van der Waals surface area (Å²) in [5.74, 6) is 0.803. The van der Waals surface area contributed by atoms with E-state index < -0.39 is 0 Å². The Hall–Kier alpha value is -2.45. The summed E-state index contributed by atoms with van der Waals surface area (Å²) in [6, 6.07) is 12.7. The van der Waals surface area contributed by atoms with Gasteiger partial charge in [-0.05, 0) is 25.5 Å². The van der Waals surface area contributed by atoms with Crippen LogP contribution in [0.5, 0.6) is 0 Å². The SMILES string of the molecule is CC(C)N1CCN(c2nccc(-c3ccc(CC#N)cc3)n2)CC1. The molecule has 1 saturated heterocycles. The van der Waals surface area contributed by atoms with E-state index in [1.165, 1.54) is 0 Å². The zero-order valence-electron chi connectivity index (χ0n) is 14.3. The van der Waals surface area contributed by atoms with Gasteiger partial charge in [0.05, 0.1) is 18.2 Å². The molecule has 1 aromatic heterocycles. The lowest BCUT2D eigenvalue weighted by Crippen LogP contribution is -2.49. The smallest absolute Gasteiger partial charge is 0.225 e. The quantitative estimate of drug-likeness (QED) is 0.866. The first-order chi connectivity index (χ1) is 11.7. The molecule has 2 heterocycles. The highest BCUT2D eigenvalue weighted by Gasteiger charge is 2.20. The van der Waals surface area contributed by atoms with Gasteiger partial charge in [-0.3, -0.25) is 4.90 Å². The summed E-state index contributed by atoms with van der Waals surface area (Å²) in [5, 5.41) is 8.76. The topological polar surface area (TPSA) is 56.0 Å². The number of hydrogen-bond donors (Lipinski definition) is 0. The molecule has 0 N–H and O–H groups in total. The van der Waals surface area contributed by atoms with Crippen molar-refractivity contribution in [3.8, 4) is 17.3 Å². The van der Waals surface area contributed by atoms with Gasteiger partial charge >= 0.3 is 0 Å². The minimum atomic E-state index is 0.440. The van der Waals surface area contributed by atoms with Crippen molar-refractivity contribution >= 4 is 5.95 Å². The van der Waals surface area contributed by atoms with Gasteiger partial charge in [-0.15, -0.1) is 0 Å². The highest BCUT2D eigenvalue weighted by molar-refractivity contribution is 5.60. The first-order valence-corrected chi connectivity index (χ1v) is 8.45. The van der Waals surface area contributed by atoms with Gasteiger partial charge in [0.25, 0.3) is 0 Å².